The van der Waals surface area contributed by atoms with Gasteiger partial charge >= 0.3 is 0 Å². The second-order valence-corrected chi connectivity index (χ2v) is 11.4. The van der Waals surface area contributed by atoms with E-state index in [2.05, 4.69) is 20.2 Å². The normalized spacial score (nSPS) is 16.4. The van der Waals surface area contributed by atoms with Crippen LogP contribution in [-0.4, -0.2) is 65.7 Å². The molecule has 0 saturated carbocycles. The van der Waals surface area contributed by atoms with Gasteiger partial charge in [0.2, 0.25) is 15.9 Å². The van der Waals surface area contributed by atoms with Gasteiger partial charge in [0.15, 0.2) is 0 Å². The molecule has 2 aromatic carbocycles. The predicted octanol–water partition coefficient (Wildman–Crippen LogP) is 2.85. The number of nitrogens with one attached hydrogen (secondary N) is 1. The van der Waals surface area contributed by atoms with E-state index in [0.29, 0.717) is 31.3 Å². The fourth-order valence-corrected chi connectivity index (χ4v) is 5.83. The molecule has 0 aliphatic carbocycles. The summed E-state index contributed by atoms with van der Waals surface area (Å²) in [5, 5.41) is 3.73. The Kier molecular flexibility index (Phi) is 7.74. The van der Waals surface area contributed by atoms with Gasteiger partial charge in [-0.1, -0.05) is 37.6 Å². The molecule has 1 atom stereocenters. The number of hydrogen-bond donors (Lipinski definition) is 2. The first-order valence-electron chi connectivity index (χ1n) is 11.6. The van der Waals surface area contributed by atoms with Gasteiger partial charge in [0, 0.05) is 31.6 Å². The van der Waals surface area contributed by atoms with Crippen LogP contribution in [0, 0.1) is 11.7 Å². The van der Waals surface area contributed by atoms with Gasteiger partial charge in [-0.2, -0.15) is 4.31 Å². The zero-order valence-corrected chi connectivity index (χ0v) is 21.6. The van der Waals surface area contributed by atoms with Crippen molar-refractivity contribution in [2.24, 2.45) is 11.7 Å². The number of nitrogens with two attached hydrogens (primary N) is 1. The number of para-hydroxylation sites is 1. The minimum Gasteiger partial charge on any atom is -0.368 e. The molecule has 36 heavy (non-hydrogen) atoms. The van der Waals surface area contributed by atoms with E-state index >= 15 is 0 Å². The summed E-state index contributed by atoms with van der Waals surface area (Å²) in [6, 6.07) is 10.3. The molecule has 1 aliphatic heterocycles. The van der Waals surface area contributed by atoms with Crippen molar-refractivity contribution in [2.45, 2.75) is 31.3 Å². The summed E-state index contributed by atoms with van der Waals surface area (Å²) in [5.41, 5.74) is 6.32. The van der Waals surface area contributed by atoms with Crippen molar-refractivity contribution in [3.63, 3.8) is 0 Å². The molecule has 0 bridgehead atoms. The second-order valence-electron chi connectivity index (χ2n) is 9.03. The van der Waals surface area contributed by atoms with Gasteiger partial charge in [-0.15, -0.1) is 0 Å². The maximum Gasteiger partial charge on any atom is 0.243 e. The first-order chi connectivity index (χ1) is 17.1. The number of halogens is 2. The molecule has 1 fully saturated rings. The molecule has 2 heterocycles. The van der Waals surface area contributed by atoms with Crippen molar-refractivity contribution < 1.29 is 17.6 Å². The first-order valence-corrected chi connectivity index (χ1v) is 13.4. The number of nitrogens with zero attached hydrogens (tertiary/aromatic N) is 4. The van der Waals surface area contributed by atoms with Gasteiger partial charge in [0.25, 0.3) is 0 Å². The quantitative estimate of drug-likeness (QED) is 0.455. The molecule has 12 heteroatoms. The molecule has 192 valence electrons. The monoisotopic (exact) mass is 534 g/mol. The van der Waals surface area contributed by atoms with E-state index in [1.165, 1.54) is 10.4 Å². The van der Waals surface area contributed by atoms with Crippen molar-refractivity contribution >= 4 is 44.3 Å². The first kappa shape index (κ1) is 26.2. The van der Waals surface area contributed by atoms with E-state index < -0.39 is 27.8 Å². The van der Waals surface area contributed by atoms with Crippen molar-refractivity contribution in [1.82, 2.24) is 19.2 Å². The Morgan fingerprint density at radius 3 is 2.47 bits per heavy atom. The minimum atomic E-state index is -3.79. The summed E-state index contributed by atoms with van der Waals surface area (Å²) in [7, 11) is -3.79. The fourth-order valence-electron chi connectivity index (χ4n) is 4.13. The number of carbonyl (C=O) groups excluding carboxylic acids is 1. The predicted molar refractivity (Wildman–Crippen MR) is 136 cm³/mol. The summed E-state index contributed by atoms with van der Waals surface area (Å²) in [6.07, 6.45) is 0. The van der Waals surface area contributed by atoms with Crippen LogP contribution in [0.3, 0.4) is 0 Å². The number of rotatable bonds is 8. The average Bonchev–Trinajstić information content (AvgIpc) is 2.84. The summed E-state index contributed by atoms with van der Waals surface area (Å²) < 4.78 is 40.8. The molecule has 0 unspecified atom stereocenters. The summed E-state index contributed by atoms with van der Waals surface area (Å²) in [4.78, 5) is 23.3. The number of hydrogen-bond acceptors (Lipinski definition) is 7. The van der Waals surface area contributed by atoms with Crippen LogP contribution < -0.4 is 11.1 Å². The highest BCUT2D eigenvalue weighted by atomic mass is 35.5. The Bertz CT molecular complexity index is 1380. The van der Waals surface area contributed by atoms with Crippen LogP contribution in [0.25, 0.3) is 10.9 Å². The summed E-state index contributed by atoms with van der Waals surface area (Å²) in [5.74, 6) is -0.0905. The molecular weight excluding hydrogens is 507 g/mol. The Balaban J connectivity index is 1.50. The Morgan fingerprint density at radius 1 is 1.14 bits per heavy atom. The maximum absolute atomic E-state index is 13.5. The van der Waals surface area contributed by atoms with Gasteiger partial charge in [0.05, 0.1) is 22.0 Å². The SMILES string of the molecule is CC(C)[C@H](Nc1nc(CN2CCN(S(=O)(=O)c3ccc(F)c(Cl)c3)CC2)nc2ccccc12)C(N)=O. The highest BCUT2D eigenvalue weighted by Gasteiger charge is 2.29. The van der Waals surface area contributed by atoms with Crippen molar-refractivity contribution in [3.05, 3.63) is 59.1 Å². The van der Waals surface area contributed by atoms with Crippen molar-refractivity contribution in [2.75, 3.05) is 31.5 Å². The van der Waals surface area contributed by atoms with Crippen LogP contribution in [0.1, 0.15) is 19.7 Å². The standard InChI is InChI=1S/C24H28ClFN6O3S/c1-15(2)22(23(27)33)30-24-17-5-3-4-6-20(17)28-21(29-24)14-31-9-11-32(12-10-31)36(34,35)16-7-8-19(26)18(25)13-16/h3-8,13,15,22H,9-12,14H2,1-2H3,(H2,27,33)(H,28,29,30)/t22-/m0/s1. The van der Waals surface area contributed by atoms with Gasteiger partial charge in [0.1, 0.15) is 23.5 Å². The average molecular weight is 535 g/mol. The molecule has 0 radical (unpaired) electrons. The maximum atomic E-state index is 13.5. The van der Waals surface area contributed by atoms with Crippen LogP contribution in [0.2, 0.25) is 5.02 Å². The molecule has 3 aromatic rings. The molecule has 1 aromatic heterocycles. The van der Waals surface area contributed by atoms with Gasteiger partial charge < -0.3 is 11.1 Å². The van der Waals surface area contributed by atoms with Gasteiger partial charge in [-0.25, -0.2) is 22.8 Å². The topological polar surface area (TPSA) is 122 Å². The Hall–Kier alpha value is -2.86. The number of aromatic nitrogens is 2. The van der Waals surface area contributed by atoms with E-state index in [4.69, 9.17) is 17.3 Å². The summed E-state index contributed by atoms with van der Waals surface area (Å²) >= 11 is 5.78. The number of fused-ring (bicyclic) bond motifs is 1. The van der Waals surface area contributed by atoms with Crippen molar-refractivity contribution in [3.8, 4) is 0 Å². The Labute approximate surface area is 214 Å². The third-order valence-corrected chi connectivity index (χ3v) is 8.32. The number of sulfonamides is 1. The van der Waals surface area contributed by atoms with E-state index in [1.54, 1.807) is 0 Å². The van der Waals surface area contributed by atoms with E-state index in [0.717, 1.165) is 23.0 Å². The lowest BCUT2D eigenvalue weighted by Gasteiger charge is -2.33. The summed E-state index contributed by atoms with van der Waals surface area (Å²) in [6.45, 7) is 5.64. The van der Waals surface area contributed by atoms with Crippen LogP contribution in [0.5, 0.6) is 0 Å². The largest absolute Gasteiger partial charge is 0.368 e. The number of primary amides is 1. The number of piperazine rings is 1. The van der Waals surface area contributed by atoms with Gasteiger partial charge in [-0.05, 0) is 36.2 Å². The highest BCUT2D eigenvalue weighted by Crippen LogP contribution is 2.25. The molecular formula is C24H28ClFN6O3S. The molecule has 4 rings (SSSR count). The van der Waals surface area contributed by atoms with Gasteiger partial charge in [-0.3, -0.25) is 9.69 Å². The highest BCUT2D eigenvalue weighted by molar-refractivity contribution is 7.89. The number of benzene rings is 2. The smallest absolute Gasteiger partial charge is 0.243 e. The van der Waals surface area contributed by atoms with E-state index in [-0.39, 0.29) is 28.9 Å². The second kappa shape index (κ2) is 10.6. The fraction of sp³-hybridized carbons (Fsp3) is 0.375. The lowest BCUT2D eigenvalue weighted by Crippen LogP contribution is -2.48. The van der Waals surface area contributed by atoms with Crippen LogP contribution in [-0.2, 0) is 21.4 Å². The number of amides is 1. The molecule has 9 nitrogen and oxygen atoms in total. The zero-order valence-electron chi connectivity index (χ0n) is 20.0. The lowest BCUT2D eigenvalue weighted by atomic mass is 10.0. The minimum absolute atomic E-state index is 0.0364. The molecule has 0 spiro atoms. The van der Waals surface area contributed by atoms with Crippen LogP contribution in [0.4, 0.5) is 10.2 Å². The molecule has 1 aliphatic rings. The van der Waals surface area contributed by atoms with Crippen LogP contribution in [0.15, 0.2) is 47.4 Å². The number of carbonyl (C=O) groups is 1. The van der Waals surface area contributed by atoms with E-state index in [9.17, 15) is 17.6 Å². The van der Waals surface area contributed by atoms with E-state index in [1.807, 2.05) is 38.1 Å². The zero-order chi connectivity index (χ0) is 26.0. The third kappa shape index (κ3) is 5.59. The lowest BCUT2D eigenvalue weighted by molar-refractivity contribution is -0.119. The van der Waals surface area contributed by atoms with Crippen molar-refractivity contribution in [1.29, 1.82) is 0 Å². The Morgan fingerprint density at radius 2 is 1.83 bits per heavy atom. The molecule has 1 saturated heterocycles. The number of anilines is 1. The van der Waals surface area contributed by atoms with Crippen LogP contribution >= 0.6 is 11.6 Å². The molecule has 3 N–H and O–H groups in total. The molecule has 1 amide bonds. The third-order valence-electron chi connectivity index (χ3n) is 6.14.